The fourth-order valence-corrected chi connectivity index (χ4v) is 0.950. The van der Waals surface area contributed by atoms with Gasteiger partial charge >= 0.3 is 0 Å². The molecule has 10 heavy (non-hydrogen) atoms. The molecule has 0 aliphatic heterocycles. The van der Waals surface area contributed by atoms with Crippen molar-refractivity contribution >= 4 is 11.6 Å². The van der Waals surface area contributed by atoms with Crippen LogP contribution in [0.5, 0.6) is 0 Å². The van der Waals surface area contributed by atoms with Crippen LogP contribution in [0.15, 0.2) is 24.3 Å². The number of hydrogen-bond donors (Lipinski definition) is 0. The molecule has 0 aromatic carbocycles. The Balaban J connectivity index is 3.73. The highest BCUT2D eigenvalue weighted by Crippen LogP contribution is 2.08. The average molecular weight is 159 g/mol. The summed E-state index contributed by atoms with van der Waals surface area (Å²) in [5.41, 5.74) is 1.25. The molecule has 0 aromatic rings. The minimum atomic E-state index is 0.580. The monoisotopic (exact) mass is 158 g/mol. The van der Waals surface area contributed by atoms with Crippen LogP contribution < -0.4 is 0 Å². The molecule has 0 N–H and O–H groups in total. The second-order valence-corrected chi connectivity index (χ2v) is 2.92. The summed E-state index contributed by atoms with van der Waals surface area (Å²) < 4.78 is 0. The molecule has 0 bridgehead atoms. The third-order valence-corrected chi connectivity index (χ3v) is 1.74. The predicted octanol–water partition coefficient (Wildman–Crippen LogP) is 3.38. The second-order valence-electron chi connectivity index (χ2n) is 2.65. The molecule has 0 aromatic heterocycles. The quantitative estimate of drug-likeness (QED) is 0.435. The maximum Gasteiger partial charge on any atom is 0.0430 e. The summed E-state index contributed by atoms with van der Waals surface area (Å²) in [7, 11) is 0. The van der Waals surface area contributed by atoms with Crippen molar-refractivity contribution in [2.24, 2.45) is 5.92 Å². The van der Waals surface area contributed by atoms with Gasteiger partial charge in [-0.2, -0.15) is 0 Å². The van der Waals surface area contributed by atoms with Crippen molar-refractivity contribution in [2.75, 3.05) is 5.88 Å². The molecule has 0 spiro atoms. The number of rotatable bonds is 4. The summed E-state index contributed by atoms with van der Waals surface area (Å²) in [5.74, 6) is 1.22. The molecule has 0 radical (unpaired) electrons. The summed E-state index contributed by atoms with van der Waals surface area (Å²) in [4.78, 5) is 0. The van der Waals surface area contributed by atoms with Crippen LogP contribution in [0.2, 0.25) is 0 Å². The van der Waals surface area contributed by atoms with E-state index in [0.717, 1.165) is 6.42 Å². The van der Waals surface area contributed by atoms with Gasteiger partial charge in [-0.15, -0.1) is 18.2 Å². The fourth-order valence-electron chi connectivity index (χ4n) is 0.861. The highest BCUT2D eigenvalue weighted by molar-refractivity contribution is 6.19. The van der Waals surface area contributed by atoms with Crippen molar-refractivity contribution in [1.29, 1.82) is 0 Å². The SMILES string of the molecule is C=CCC(C)/C=C(\C)CCl. The zero-order valence-corrected chi connectivity index (χ0v) is 7.49. The molecule has 58 valence electrons. The number of halogens is 1. The molecule has 0 nitrogen and oxygen atoms in total. The van der Waals surface area contributed by atoms with E-state index < -0.39 is 0 Å². The smallest absolute Gasteiger partial charge is 0.0430 e. The predicted molar refractivity (Wildman–Crippen MR) is 48.5 cm³/mol. The van der Waals surface area contributed by atoms with E-state index in [1.165, 1.54) is 5.57 Å². The summed E-state index contributed by atoms with van der Waals surface area (Å²) in [5, 5.41) is 0. The topological polar surface area (TPSA) is 0 Å². The first-order valence-corrected chi connectivity index (χ1v) is 4.08. The maximum absolute atomic E-state index is 5.60. The zero-order valence-electron chi connectivity index (χ0n) is 6.73. The van der Waals surface area contributed by atoms with Gasteiger partial charge < -0.3 is 0 Å². The summed E-state index contributed by atoms with van der Waals surface area (Å²) in [6.07, 6.45) is 5.16. The van der Waals surface area contributed by atoms with Gasteiger partial charge in [-0.05, 0) is 19.3 Å². The third kappa shape index (κ3) is 4.63. The van der Waals surface area contributed by atoms with Gasteiger partial charge in [-0.3, -0.25) is 0 Å². The molecule has 0 saturated carbocycles. The maximum atomic E-state index is 5.60. The summed E-state index contributed by atoms with van der Waals surface area (Å²) >= 11 is 5.60. The van der Waals surface area contributed by atoms with Crippen LogP contribution in [-0.4, -0.2) is 5.88 Å². The van der Waals surface area contributed by atoms with Gasteiger partial charge in [0.15, 0.2) is 0 Å². The van der Waals surface area contributed by atoms with Crippen LogP contribution in [0, 0.1) is 5.92 Å². The Labute approximate surface area is 68.6 Å². The molecular formula is C9H15Cl. The lowest BCUT2D eigenvalue weighted by Gasteiger charge is -2.02. The lowest BCUT2D eigenvalue weighted by molar-refractivity contribution is 0.739. The van der Waals surface area contributed by atoms with Crippen LogP contribution in [0.25, 0.3) is 0 Å². The van der Waals surface area contributed by atoms with Crippen LogP contribution in [0.1, 0.15) is 20.3 Å². The van der Waals surface area contributed by atoms with Crippen molar-refractivity contribution in [2.45, 2.75) is 20.3 Å². The zero-order chi connectivity index (χ0) is 7.98. The molecule has 0 rings (SSSR count). The van der Waals surface area contributed by atoms with Crippen LogP contribution in [-0.2, 0) is 0 Å². The molecule has 1 heteroatoms. The lowest BCUT2D eigenvalue weighted by Crippen LogP contribution is -1.89. The van der Waals surface area contributed by atoms with E-state index in [0.29, 0.717) is 11.8 Å². The Morgan fingerprint density at radius 2 is 2.30 bits per heavy atom. The van der Waals surface area contributed by atoms with E-state index in [1.54, 1.807) is 0 Å². The van der Waals surface area contributed by atoms with E-state index in [2.05, 4.69) is 19.6 Å². The second kappa shape index (κ2) is 5.55. The summed E-state index contributed by atoms with van der Waals surface area (Å²) in [6.45, 7) is 7.88. The van der Waals surface area contributed by atoms with Crippen LogP contribution in [0.4, 0.5) is 0 Å². The fraction of sp³-hybridized carbons (Fsp3) is 0.556. The van der Waals surface area contributed by atoms with Crippen molar-refractivity contribution in [3.8, 4) is 0 Å². The van der Waals surface area contributed by atoms with Gasteiger partial charge in [-0.25, -0.2) is 0 Å². The standard InChI is InChI=1S/C9H15Cl/c1-4-5-8(2)6-9(3)7-10/h4,6,8H,1,5,7H2,2-3H3/b9-6+. The van der Waals surface area contributed by atoms with E-state index in [9.17, 15) is 0 Å². The summed E-state index contributed by atoms with van der Waals surface area (Å²) in [6, 6.07) is 0. The molecule has 1 unspecified atom stereocenters. The first kappa shape index (κ1) is 9.77. The van der Waals surface area contributed by atoms with E-state index in [1.807, 2.05) is 13.0 Å². The molecule has 1 atom stereocenters. The van der Waals surface area contributed by atoms with E-state index in [-0.39, 0.29) is 0 Å². The van der Waals surface area contributed by atoms with Gasteiger partial charge in [-0.1, -0.05) is 24.6 Å². The normalized spacial score (nSPS) is 14.9. The van der Waals surface area contributed by atoms with Crippen molar-refractivity contribution in [1.82, 2.24) is 0 Å². The molecule has 0 saturated heterocycles. The van der Waals surface area contributed by atoms with Crippen LogP contribution >= 0.6 is 11.6 Å². The minimum absolute atomic E-state index is 0.580. The molecule has 0 aliphatic carbocycles. The molecule has 0 heterocycles. The van der Waals surface area contributed by atoms with E-state index in [4.69, 9.17) is 11.6 Å². The molecule has 0 amide bonds. The highest BCUT2D eigenvalue weighted by Gasteiger charge is 1.94. The Bertz CT molecular complexity index is 125. The first-order chi connectivity index (χ1) is 4.70. The first-order valence-electron chi connectivity index (χ1n) is 3.54. The number of hydrogen-bond acceptors (Lipinski definition) is 0. The Hall–Kier alpha value is -0.230. The minimum Gasteiger partial charge on any atom is -0.122 e. The van der Waals surface area contributed by atoms with Crippen molar-refractivity contribution < 1.29 is 0 Å². The Kier molecular flexibility index (Phi) is 5.42. The van der Waals surface area contributed by atoms with Gasteiger partial charge in [0, 0.05) is 5.88 Å². The van der Waals surface area contributed by atoms with Gasteiger partial charge in [0.25, 0.3) is 0 Å². The molecule has 0 aliphatic rings. The lowest BCUT2D eigenvalue weighted by atomic mass is 10.1. The average Bonchev–Trinajstić information content (AvgIpc) is 1.88. The van der Waals surface area contributed by atoms with Gasteiger partial charge in [0.1, 0.15) is 0 Å². The highest BCUT2D eigenvalue weighted by atomic mass is 35.5. The van der Waals surface area contributed by atoms with Crippen molar-refractivity contribution in [3.05, 3.63) is 24.3 Å². The van der Waals surface area contributed by atoms with Crippen molar-refractivity contribution in [3.63, 3.8) is 0 Å². The number of alkyl halides is 1. The number of allylic oxidation sites excluding steroid dienone is 3. The largest absolute Gasteiger partial charge is 0.122 e. The van der Waals surface area contributed by atoms with Crippen LogP contribution in [0.3, 0.4) is 0 Å². The Morgan fingerprint density at radius 1 is 1.70 bits per heavy atom. The molecular weight excluding hydrogens is 144 g/mol. The third-order valence-electron chi connectivity index (χ3n) is 1.32. The van der Waals surface area contributed by atoms with Gasteiger partial charge in [0.2, 0.25) is 0 Å². The van der Waals surface area contributed by atoms with E-state index >= 15 is 0 Å². The Morgan fingerprint density at radius 3 is 2.70 bits per heavy atom. The molecule has 0 fully saturated rings. The van der Waals surface area contributed by atoms with Gasteiger partial charge in [0.05, 0.1) is 0 Å².